The Hall–Kier alpha value is -1.61. The highest BCUT2D eigenvalue weighted by Crippen LogP contribution is 2.02. The highest BCUT2D eigenvalue weighted by Gasteiger charge is 2.07. The van der Waals surface area contributed by atoms with Crippen molar-refractivity contribution in [2.45, 2.75) is 12.5 Å². The lowest BCUT2D eigenvalue weighted by atomic mass is 10.1. The Bertz CT molecular complexity index is 319. The monoisotopic (exact) mass is 191 g/mol. The van der Waals surface area contributed by atoms with Crippen LogP contribution in [0.3, 0.4) is 0 Å². The van der Waals surface area contributed by atoms with Gasteiger partial charge in [-0.05, 0) is 12.0 Å². The lowest BCUT2D eigenvalue weighted by Crippen LogP contribution is -2.29. The average Bonchev–Trinajstić information content (AvgIpc) is 2.19. The molecule has 1 aromatic rings. The third-order valence-electron chi connectivity index (χ3n) is 1.82. The molecule has 0 aliphatic carbocycles. The Morgan fingerprint density at radius 2 is 2.07 bits per heavy atom. The number of rotatable bonds is 4. The molecule has 3 nitrogen and oxygen atoms in total. The van der Waals surface area contributed by atoms with E-state index in [4.69, 9.17) is 10.8 Å². The maximum atomic E-state index is 10.4. The van der Waals surface area contributed by atoms with Gasteiger partial charge in [0.05, 0.1) is 0 Å². The van der Waals surface area contributed by atoms with Crippen LogP contribution in [0.15, 0.2) is 36.4 Å². The van der Waals surface area contributed by atoms with Crippen molar-refractivity contribution in [3.63, 3.8) is 0 Å². The summed E-state index contributed by atoms with van der Waals surface area (Å²) in [5, 5.41) is 8.52. The van der Waals surface area contributed by atoms with Crippen molar-refractivity contribution in [3.8, 4) is 0 Å². The number of nitrogens with two attached hydrogens (primary N) is 1. The van der Waals surface area contributed by atoms with Gasteiger partial charge in [-0.25, -0.2) is 0 Å². The number of carboxylic acid groups (broad SMARTS) is 1. The van der Waals surface area contributed by atoms with E-state index in [-0.39, 0.29) is 0 Å². The molecular formula is C11H13NO2. The van der Waals surface area contributed by atoms with Crippen LogP contribution in [0.1, 0.15) is 12.0 Å². The topological polar surface area (TPSA) is 63.3 Å². The molecule has 3 heteroatoms. The summed E-state index contributed by atoms with van der Waals surface area (Å²) < 4.78 is 0. The zero-order valence-electron chi connectivity index (χ0n) is 7.76. The van der Waals surface area contributed by atoms with Crippen molar-refractivity contribution in [3.05, 3.63) is 42.0 Å². The minimum atomic E-state index is -0.970. The number of aliphatic carboxylic acids is 1. The molecule has 0 aromatic heterocycles. The van der Waals surface area contributed by atoms with E-state index in [1.54, 1.807) is 6.08 Å². The van der Waals surface area contributed by atoms with E-state index in [0.29, 0.717) is 6.42 Å². The Morgan fingerprint density at radius 1 is 1.43 bits per heavy atom. The van der Waals surface area contributed by atoms with Gasteiger partial charge in [0, 0.05) is 0 Å². The molecule has 1 atom stereocenters. The molecule has 0 bridgehead atoms. The second-order valence-electron chi connectivity index (χ2n) is 2.99. The van der Waals surface area contributed by atoms with Crippen molar-refractivity contribution < 1.29 is 9.90 Å². The molecule has 1 aromatic carbocycles. The van der Waals surface area contributed by atoms with Gasteiger partial charge in [-0.15, -0.1) is 0 Å². The van der Waals surface area contributed by atoms with Gasteiger partial charge in [0.25, 0.3) is 0 Å². The second kappa shape index (κ2) is 5.19. The Kier molecular flexibility index (Phi) is 3.88. The highest BCUT2D eigenvalue weighted by atomic mass is 16.4. The molecule has 0 fully saturated rings. The third kappa shape index (κ3) is 3.41. The highest BCUT2D eigenvalue weighted by molar-refractivity contribution is 5.73. The van der Waals surface area contributed by atoms with E-state index < -0.39 is 12.0 Å². The quantitative estimate of drug-likeness (QED) is 0.758. The maximum absolute atomic E-state index is 10.4. The minimum absolute atomic E-state index is 0.351. The van der Waals surface area contributed by atoms with E-state index >= 15 is 0 Å². The number of carbonyl (C=O) groups is 1. The molecule has 0 saturated carbocycles. The van der Waals surface area contributed by atoms with Crippen LogP contribution >= 0.6 is 0 Å². The maximum Gasteiger partial charge on any atom is 0.320 e. The molecule has 0 radical (unpaired) electrons. The largest absolute Gasteiger partial charge is 0.480 e. The van der Waals surface area contributed by atoms with Crippen LogP contribution in [0.5, 0.6) is 0 Å². The van der Waals surface area contributed by atoms with Crippen LogP contribution in [0.2, 0.25) is 0 Å². The molecule has 0 amide bonds. The van der Waals surface area contributed by atoms with E-state index in [9.17, 15) is 4.79 Å². The van der Waals surface area contributed by atoms with Crippen molar-refractivity contribution >= 4 is 12.0 Å². The van der Waals surface area contributed by atoms with Gasteiger partial charge in [0.2, 0.25) is 0 Å². The molecular weight excluding hydrogens is 178 g/mol. The molecule has 0 aliphatic rings. The standard InChI is InChI=1S/C11H13NO2/c12-10(11(13)14)8-4-7-9-5-2-1-3-6-9/h1-7,10H,8,12H2,(H,13,14)/b7-4+. The van der Waals surface area contributed by atoms with E-state index in [0.717, 1.165) is 5.56 Å². The van der Waals surface area contributed by atoms with Gasteiger partial charge in [-0.3, -0.25) is 4.79 Å². The zero-order chi connectivity index (χ0) is 10.4. The van der Waals surface area contributed by atoms with Crippen LogP contribution in [-0.2, 0) is 4.79 Å². The van der Waals surface area contributed by atoms with Crippen LogP contribution in [0.4, 0.5) is 0 Å². The van der Waals surface area contributed by atoms with E-state index in [2.05, 4.69) is 0 Å². The first-order valence-corrected chi connectivity index (χ1v) is 4.40. The van der Waals surface area contributed by atoms with Gasteiger partial charge in [0.15, 0.2) is 0 Å². The first-order chi connectivity index (χ1) is 6.70. The summed E-state index contributed by atoms with van der Waals surface area (Å²) in [6.07, 6.45) is 3.99. The van der Waals surface area contributed by atoms with Crippen molar-refractivity contribution in [2.75, 3.05) is 0 Å². The van der Waals surface area contributed by atoms with Crippen LogP contribution < -0.4 is 5.73 Å². The normalized spacial score (nSPS) is 12.9. The van der Waals surface area contributed by atoms with E-state index in [1.807, 2.05) is 36.4 Å². The third-order valence-corrected chi connectivity index (χ3v) is 1.82. The summed E-state index contributed by atoms with van der Waals surface area (Å²) in [6, 6.07) is 8.87. The zero-order valence-corrected chi connectivity index (χ0v) is 7.76. The number of hydrogen-bond donors (Lipinski definition) is 2. The lowest BCUT2D eigenvalue weighted by molar-refractivity contribution is -0.138. The first-order valence-electron chi connectivity index (χ1n) is 4.40. The summed E-state index contributed by atoms with van der Waals surface area (Å²) in [6.45, 7) is 0. The Morgan fingerprint density at radius 3 is 2.64 bits per heavy atom. The van der Waals surface area contributed by atoms with Crippen LogP contribution in [0.25, 0.3) is 6.08 Å². The molecule has 0 aliphatic heterocycles. The van der Waals surface area contributed by atoms with Crippen molar-refractivity contribution in [2.24, 2.45) is 5.73 Å². The summed E-state index contributed by atoms with van der Waals surface area (Å²) in [4.78, 5) is 10.4. The molecule has 3 N–H and O–H groups in total. The predicted molar refractivity (Wildman–Crippen MR) is 55.7 cm³/mol. The van der Waals surface area contributed by atoms with Gasteiger partial charge >= 0.3 is 5.97 Å². The SMILES string of the molecule is NC(C/C=C/c1ccccc1)C(=O)O. The van der Waals surface area contributed by atoms with E-state index in [1.165, 1.54) is 0 Å². The lowest BCUT2D eigenvalue weighted by Gasteiger charge is -2.00. The van der Waals surface area contributed by atoms with Crippen molar-refractivity contribution in [1.82, 2.24) is 0 Å². The van der Waals surface area contributed by atoms with Crippen molar-refractivity contribution in [1.29, 1.82) is 0 Å². The summed E-state index contributed by atoms with van der Waals surface area (Å²) in [5.41, 5.74) is 6.38. The number of benzene rings is 1. The first kappa shape index (κ1) is 10.5. The molecule has 0 spiro atoms. The van der Waals surface area contributed by atoms with Gasteiger partial charge < -0.3 is 10.8 Å². The fraction of sp³-hybridized carbons (Fsp3) is 0.182. The molecule has 0 saturated heterocycles. The van der Waals surface area contributed by atoms with Crippen LogP contribution in [-0.4, -0.2) is 17.1 Å². The Balaban J connectivity index is 2.46. The van der Waals surface area contributed by atoms with Gasteiger partial charge in [0.1, 0.15) is 6.04 Å². The van der Waals surface area contributed by atoms with Gasteiger partial charge in [-0.2, -0.15) is 0 Å². The van der Waals surface area contributed by atoms with Crippen LogP contribution in [0, 0.1) is 0 Å². The minimum Gasteiger partial charge on any atom is -0.480 e. The summed E-state index contributed by atoms with van der Waals surface area (Å²) >= 11 is 0. The Labute approximate surface area is 82.9 Å². The fourth-order valence-corrected chi connectivity index (χ4v) is 1.02. The predicted octanol–water partition coefficient (Wildman–Crippen LogP) is 1.50. The average molecular weight is 191 g/mol. The summed E-state index contributed by atoms with van der Waals surface area (Å²) in [7, 11) is 0. The number of carboxylic acids is 1. The number of hydrogen-bond acceptors (Lipinski definition) is 2. The summed E-state index contributed by atoms with van der Waals surface area (Å²) in [5.74, 6) is -0.970. The fourth-order valence-electron chi connectivity index (χ4n) is 1.02. The van der Waals surface area contributed by atoms with Gasteiger partial charge in [-0.1, -0.05) is 42.5 Å². The molecule has 0 heterocycles. The second-order valence-corrected chi connectivity index (χ2v) is 2.99. The molecule has 14 heavy (non-hydrogen) atoms. The molecule has 74 valence electrons. The molecule has 1 rings (SSSR count). The smallest absolute Gasteiger partial charge is 0.320 e. The molecule has 1 unspecified atom stereocenters.